The van der Waals surface area contributed by atoms with Crippen LogP contribution in [0.5, 0.6) is 0 Å². The molecular weight excluding hydrogens is 1010 g/mol. The van der Waals surface area contributed by atoms with Gasteiger partial charge in [-0.3, -0.25) is 14.4 Å². The van der Waals surface area contributed by atoms with Crippen molar-refractivity contribution in [1.82, 2.24) is 14.7 Å². The fraction of sp³-hybridized carbons (Fsp3) is 0.466. The van der Waals surface area contributed by atoms with Gasteiger partial charge in [-0.15, -0.1) is 0 Å². The molecule has 82 heavy (non-hydrogen) atoms. The molecule has 1 unspecified atom stereocenters. The Labute approximate surface area is 495 Å². The summed E-state index contributed by atoms with van der Waals surface area (Å²) in [6, 6.07) is 62.7. The summed E-state index contributed by atoms with van der Waals surface area (Å²) in [4.78, 5) is 51.6. The van der Waals surface area contributed by atoms with Gasteiger partial charge in [0.2, 0.25) is 17.7 Å². The Morgan fingerprint density at radius 2 is 0.585 bits per heavy atom. The predicted octanol–water partition coefficient (Wildman–Crippen LogP) is 15.0. The second kappa shape index (κ2) is 36.9. The van der Waals surface area contributed by atoms with Gasteiger partial charge in [-0.05, 0) is 148 Å². The van der Waals surface area contributed by atoms with E-state index in [0.717, 1.165) is 95.2 Å². The maximum atomic E-state index is 12.6. The number of amides is 3. The van der Waals surface area contributed by atoms with Crippen LogP contribution in [0.1, 0.15) is 122 Å². The third-order valence-corrected chi connectivity index (χ3v) is 16.6. The van der Waals surface area contributed by atoms with Crippen molar-refractivity contribution in [3.63, 3.8) is 0 Å². The number of benzene rings is 6. The Kier molecular flexibility index (Phi) is 29.2. The molecule has 0 aliphatic carbocycles. The molecule has 3 fully saturated rings. The van der Waals surface area contributed by atoms with Crippen molar-refractivity contribution in [3.8, 4) is 0 Å². The minimum Gasteiger partial charge on any atom is -0.312 e. The first-order chi connectivity index (χ1) is 39.8. The van der Waals surface area contributed by atoms with Gasteiger partial charge in [-0.2, -0.15) is 0 Å². The van der Waals surface area contributed by atoms with E-state index in [1.807, 2.05) is 90.1 Å². The molecule has 3 aliphatic rings. The number of likely N-dealkylation sites (tertiary alicyclic amines) is 3. The lowest BCUT2D eigenvalue weighted by Crippen LogP contribution is -2.39. The molecule has 3 saturated heterocycles. The van der Waals surface area contributed by atoms with Gasteiger partial charge in [0.05, 0.1) is 0 Å². The number of nitrogens with zero attached hydrogens (tertiary/aromatic N) is 6. The number of rotatable bonds is 21. The van der Waals surface area contributed by atoms with Crippen LogP contribution in [-0.4, -0.2) is 111 Å². The standard InChI is InChI=1S/3C24H32N2O.CH4/c3*1-2-24(27)26(23-14-7-4-8-15-23)20-22-13-9-10-17-25(19-22)18-16-21-11-5-3-6-12-21;/h3*3-8,11-12,14-15,22H,2,9-10,13,16-20H2,1H3;1H4/t2*22-;;/m10../s1. The van der Waals surface area contributed by atoms with Crippen LogP contribution >= 0.6 is 0 Å². The number of hydrogen-bond acceptors (Lipinski definition) is 6. The minimum atomic E-state index is 0. The summed E-state index contributed by atoms with van der Waals surface area (Å²) >= 11 is 0. The van der Waals surface area contributed by atoms with Gasteiger partial charge in [0.25, 0.3) is 0 Å². The zero-order chi connectivity index (χ0) is 56.7. The maximum absolute atomic E-state index is 12.6. The lowest BCUT2D eigenvalue weighted by molar-refractivity contribution is -0.119. The Morgan fingerprint density at radius 1 is 0.354 bits per heavy atom. The van der Waals surface area contributed by atoms with Gasteiger partial charge >= 0.3 is 0 Å². The Bertz CT molecular complexity index is 2350. The average molecular weight is 1110 g/mol. The van der Waals surface area contributed by atoms with Crippen LogP contribution < -0.4 is 14.7 Å². The van der Waals surface area contributed by atoms with E-state index in [9.17, 15) is 14.4 Å². The van der Waals surface area contributed by atoms with Crippen LogP contribution in [0.25, 0.3) is 0 Å². The number of anilines is 3. The van der Waals surface area contributed by atoms with Crippen LogP contribution in [0.15, 0.2) is 182 Å². The van der Waals surface area contributed by atoms with Crippen molar-refractivity contribution in [2.24, 2.45) is 17.8 Å². The number of para-hydroxylation sites is 3. The molecule has 9 nitrogen and oxygen atoms in total. The highest BCUT2D eigenvalue weighted by Crippen LogP contribution is 2.26. The average Bonchev–Trinajstić information content (AvgIpc) is 4.02. The Balaban J connectivity index is 0.000000197. The normalized spacial score (nSPS) is 17.8. The number of hydrogen-bond donors (Lipinski definition) is 0. The fourth-order valence-corrected chi connectivity index (χ4v) is 12.0. The van der Waals surface area contributed by atoms with Crippen LogP contribution in [0.2, 0.25) is 0 Å². The quantitative estimate of drug-likeness (QED) is 0.0715. The summed E-state index contributed by atoms with van der Waals surface area (Å²) in [7, 11) is 0. The smallest absolute Gasteiger partial charge is 0.226 e. The number of carbonyl (C=O) groups is 3. The molecule has 0 aromatic heterocycles. The summed E-state index contributed by atoms with van der Waals surface area (Å²) < 4.78 is 0. The SMILES string of the molecule is C.CCC(=O)N(CC1CCCCN(CCc2ccccc2)C1)c1ccccc1.CCC(=O)N(C[C@@H]1CCCCN(CCc2ccccc2)C1)c1ccccc1.CCC(=O)N(C[C@H]1CCCCN(CCc2ccccc2)C1)c1ccccc1. The van der Waals surface area contributed by atoms with Gasteiger partial charge in [0.1, 0.15) is 0 Å². The lowest BCUT2D eigenvalue weighted by Gasteiger charge is -2.30. The zero-order valence-electron chi connectivity index (χ0n) is 49.6. The zero-order valence-corrected chi connectivity index (χ0v) is 49.6. The summed E-state index contributed by atoms with van der Waals surface area (Å²) in [6.07, 6.45) is 16.2. The molecule has 0 spiro atoms. The molecule has 0 bridgehead atoms. The van der Waals surface area contributed by atoms with E-state index in [4.69, 9.17) is 0 Å². The molecule has 3 amide bonds. The summed E-state index contributed by atoms with van der Waals surface area (Å²) in [5, 5.41) is 0. The van der Waals surface area contributed by atoms with Gasteiger partial charge in [0.15, 0.2) is 0 Å². The molecule has 3 atom stereocenters. The highest BCUT2D eigenvalue weighted by molar-refractivity contribution is 5.94. The third kappa shape index (κ3) is 22.4. The third-order valence-electron chi connectivity index (χ3n) is 16.6. The second-order valence-corrected chi connectivity index (χ2v) is 22.8. The lowest BCUT2D eigenvalue weighted by atomic mass is 10.0. The van der Waals surface area contributed by atoms with Gasteiger partial charge in [-0.1, -0.05) is 193 Å². The molecule has 440 valence electrons. The van der Waals surface area contributed by atoms with Gasteiger partial charge in [-0.25, -0.2) is 0 Å². The topological polar surface area (TPSA) is 70.7 Å². The molecule has 0 N–H and O–H groups in total. The Hall–Kier alpha value is -6.39. The summed E-state index contributed by atoms with van der Waals surface area (Å²) in [5.74, 6) is 2.29. The van der Waals surface area contributed by atoms with E-state index < -0.39 is 0 Å². The maximum Gasteiger partial charge on any atom is 0.226 e. The molecule has 3 heterocycles. The van der Waals surface area contributed by atoms with Crippen molar-refractivity contribution in [3.05, 3.63) is 199 Å². The molecular formula is C73H100N6O3. The largest absolute Gasteiger partial charge is 0.312 e. The van der Waals surface area contributed by atoms with E-state index in [0.29, 0.717) is 37.0 Å². The molecule has 9 rings (SSSR count). The highest BCUT2D eigenvalue weighted by atomic mass is 16.2. The van der Waals surface area contributed by atoms with E-state index in [1.165, 1.54) is 94.1 Å². The van der Waals surface area contributed by atoms with Crippen molar-refractivity contribution in [1.29, 1.82) is 0 Å². The van der Waals surface area contributed by atoms with Crippen LogP contribution in [-0.2, 0) is 33.6 Å². The molecule has 0 saturated carbocycles. The van der Waals surface area contributed by atoms with Crippen LogP contribution in [0, 0.1) is 17.8 Å². The molecule has 6 aromatic rings. The molecule has 6 aromatic carbocycles. The Morgan fingerprint density at radius 3 is 0.817 bits per heavy atom. The fourth-order valence-electron chi connectivity index (χ4n) is 12.0. The molecule has 3 aliphatic heterocycles. The first kappa shape index (κ1) is 64.8. The van der Waals surface area contributed by atoms with Crippen LogP contribution in [0.3, 0.4) is 0 Å². The van der Waals surface area contributed by atoms with E-state index in [2.05, 4.69) is 142 Å². The monoisotopic (exact) mass is 1110 g/mol. The van der Waals surface area contributed by atoms with Crippen molar-refractivity contribution in [2.75, 3.05) is 93.2 Å². The van der Waals surface area contributed by atoms with Crippen LogP contribution in [0.4, 0.5) is 17.1 Å². The van der Waals surface area contributed by atoms with Gasteiger partial charge < -0.3 is 29.4 Å². The summed E-state index contributed by atoms with van der Waals surface area (Å²) in [6.45, 7) is 18.5. The van der Waals surface area contributed by atoms with Gasteiger partial charge in [0, 0.05) is 95.2 Å². The van der Waals surface area contributed by atoms with E-state index in [-0.39, 0.29) is 25.1 Å². The highest BCUT2D eigenvalue weighted by Gasteiger charge is 2.27. The van der Waals surface area contributed by atoms with E-state index in [1.54, 1.807) is 0 Å². The first-order valence-corrected chi connectivity index (χ1v) is 31.1. The number of carbonyl (C=O) groups excluding carboxylic acids is 3. The second-order valence-electron chi connectivity index (χ2n) is 22.8. The molecule has 9 heteroatoms. The van der Waals surface area contributed by atoms with E-state index >= 15 is 0 Å². The predicted molar refractivity (Wildman–Crippen MR) is 346 cm³/mol. The summed E-state index contributed by atoms with van der Waals surface area (Å²) in [5.41, 5.74) is 7.32. The minimum absolute atomic E-state index is 0. The first-order valence-electron chi connectivity index (χ1n) is 31.1. The molecule has 0 radical (unpaired) electrons. The van der Waals surface area contributed by atoms with Crippen molar-refractivity contribution < 1.29 is 14.4 Å². The van der Waals surface area contributed by atoms with Crippen molar-refractivity contribution in [2.45, 2.75) is 125 Å². The van der Waals surface area contributed by atoms with Crippen molar-refractivity contribution >= 4 is 34.8 Å².